The lowest BCUT2D eigenvalue weighted by Crippen LogP contribution is -2.15. The number of pyridine rings is 1. The molecular formula is C13H15N3O. The minimum Gasteiger partial charge on any atom is -0.307 e. The van der Waals surface area contributed by atoms with Gasteiger partial charge in [0.2, 0.25) is 0 Å². The highest BCUT2D eigenvalue weighted by Gasteiger charge is 2.22. The molecule has 1 atom stereocenters. The fraction of sp³-hybridized carbons (Fsp3) is 0.385. The van der Waals surface area contributed by atoms with Gasteiger partial charge in [-0.2, -0.15) is 0 Å². The smallest absolute Gasteiger partial charge is 0.170 e. The number of aryl methyl sites for hydroxylation is 1. The standard InChI is InChI=1S/C13H15N3O/c1-9-4-5-12-11(8-17)15-13(16(12)7-9)10-3-2-6-14-10/h4-5,7-8,10,14H,2-3,6H2,1H3. The Morgan fingerprint density at radius 3 is 3.12 bits per heavy atom. The molecule has 0 saturated carbocycles. The van der Waals surface area contributed by atoms with Crippen molar-refractivity contribution in [2.24, 2.45) is 0 Å². The summed E-state index contributed by atoms with van der Waals surface area (Å²) in [5.41, 5.74) is 2.61. The van der Waals surface area contributed by atoms with Crippen molar-refractivity contribution in [3.8, 4) is 0 Å². The molecule has 88 valence electrons. The Hall–Kier alpha value is -1.68. The maximum Gasteiger partial charge on any atom is 0.170 e. The van der Waals surface area contributed by atoms with Crippen molar-refractivity contribution in [2.75, 3.05) is 6.54 Å². The number of hydrogen-bond acceptors (Lipinski definition) is 3. The Bertz CT molecular complexity index is 567. The van der Waals surface area contributed by atoms with Crippen LogP contribution in [0.4, 0.5) is 0 Å². The van der Waals surface area contributed by atoms with E-state index >= 15 is 0 Å². The van der Waals surface area contributed by atoms with Crippen LogP contribution in [0, 0.1) is 6.92 Å². The molecule has 0 aliphatic carbocycles. The van der Waals surface area contributed by atoms with E-state index in [1.807, 2.05) is 29.7 Å². The predicted octanol–water partition coefficient (Wildman–Crippen LogP) is 1.88. The molecule has 0 bridgehead atoms. The van der Waals surface area contributed by atoms with Gasteiger partial charge in [0, 0.05) is 6.20 Å². The number of hydrogen-bond donors (Lipinski definition) is 1. The van der Waals surface area contributed by atoms with E-state index in [0.717, 1.165) is 30.6 Å². The second-order valence-corrected chi connectivity index (χ2v) is 4.58. The van der Waals surface area contributed by atoms with E-state index in [2.05, 4.69) is 10.3 Å². The number of aldehydes is 1. The van der Waals surface area contributed by atoms with Gasteiger partial charge in [0.05, 0.1) is 11.6 Å². The first-order valence-electron chi connectivity index (χ1n) is 5.97. The highest BCUT2D eigenvalue weighted by Crippen LogP contribution is 2.24. The van der Waals surface area contributed by atoms with Gasteiger partial charge in [-0.25, -0.2) is 4.98 Å². The summed E-state index contributed by atoms with van der Waals surface area (Å²) in [6.07, 6.45) is 5.14. The zero-order chi connectivity index (χ0) is 11.8. The molecule has 4 heteroatoms. The largest absolute Gasteiger partial charge is 0.307 e. The van der Waals surface area contributed by atoms with E-state index in [1.165, 1.54) is 12.0 Å². The summed E-state index contributed by atoms with van der Waals surface area (Å²) in [6.45, 7) is 3.08. The lowest BCUT2D eigenvalue weighted by Gasteiger charge is -2.09. The first kappa shape index (κ1) is 10.5. The number of carbonyl (C=O) groups excluding carboxylic acids is 1. The van der Waals surface area contributed by atoms with E-state index in [0.29, 0.717) is 5.69 Å². The van der Waals surface area contributed by atoms with Crippen molar-refractivity contribution in [3.05, 3.63) is 35.4 Å². The van der Waals surface area contributed by atoms with Gasteiger partial charge in [-0.3, -0.25) is 4.79 Å². The normalized spacial score (nSPS) is 19.9. The van der Waals surface area contributed by atoms with E-state index < -0.39 is 0 Å². The van der Waals surface area contributed by atoms with E-state index in [4.69, 9.17) is 0 Å². The molecular weight excluding hydrogens is 214 g/mol. The van der Waals surface area contributed by atoms with Crippen molar-refractivity contribution < 1.29 is 4.79 Å². The summed E-state index contributed by atoms with van der Waals surface area (Å²) in [6, 6.07) is 4.25. The molecule has 2 aromatic heterocycles. The number of aromatic nitrogens is 2. The summed E-state index contributed by atoms with van der Waals surface area (Å²) < 4.78 is 2.04. The van der Waals surface area contributed by atoms with Crippen LogP contribution in [0.1, 0.15) is 40.8 Å². The van der Waals surface area contributed by atoms with E-state index in [-0.39, 0.29) is 6.04 Å². The molecule has 3 heterocycles. The summed E-state index contributed by atoms with van der Waals surface area (Å²) in [5.74, 6) is 0.961. The van der Waals surface area contributed by atoms with Crippen LogP contribution in [0.15, 0.2) is 18.3 Å². The number of fused-ring (bicyclic) bond motifs is 1. The maximum absolute atomic E-state index is 11.0. The maximum atomic E-state index is 11.0. The van der Waals surface area contributed by atoms with Crippen LogP contribution >= 0.6 is 0 Å². The van der Waals surface area contributed by atoms with Gasteiger partial charge in [0.25, 0.3) is 0 Å². The molecule has 1 saturated heterocycles. The molecule has 1 unspecified atom stereocenters. The lowest BCUT2D eigenvalue weighted by atomic mass is 10.2. The second-order valence-electron chi connectivity index (χ2n) is 4.58. The summed E-state index contributed by atoms with van der Waals surface area (Å²) >= 11 is 0. The monoisotopic (exact) mass is 229 g/mol. The van der Waals surface area contributed by atoms with Crippen molar-refractivity contribution in [1.29, 1.82) is 0 Å². The van der Waals surface area contributed by atoms with E-state index in [1.54, 1.807) is 0 Å². The molecule has 3 rings (SSSR count). The van der Waals surface area contributed by atoms with Crippen LogP contribution < -0.4 is 5.32 Å². The number of nitrogens with zero attached hydrogens (tertiary/aromatic N) is 2. The van der Waals surface area contributed by atoms with Gasteiger partial charge in [0.15, 0.2) is 6.29 Å². The molecule has 0 spiro atoms. The zero-order valence-corrected chi connectivity index (χ0v) is 9.81. The van der Waals surface area contributed by atoms with Gasteiger partial charge >= 0.3 is 0 Å². The summed E-state index contributed by atoms with van der Waals surface area (Å²) in [7, 11) is 0. The number of imidazole rings is 1. The van der Waals surface area contributed by atoms with Crippen LogP contribution in [0.25, 0.3) is 5.52 Å². The molecule has 0 amide bonds. The topological polar surface area (TPSA) is 46.4 Å². The first-order valence-corrected chi connectivity index (χ1v) is 5.97. The van der Waals surface area contributed by atoms with Crippen molar-refractivity contribution in [1.82, 2.24) is 14.7 Å². The second kappa shape index (κ2) is 3.96. The fourth-order valence-electron chi connectivity index (χ4n) is 2.48. The minimum atomic E-state index is 0.276. The Labute approximate surface area is 99.7 Å². The predicted molar refractivity (Wildman–Crippen MR) is 65.3 cm³/mol. The van der Waals surface area contributed by atoms with Gasteiger partial charge in [0.1, 0.15) is 11.5 Å². The van der Waals surface area contributed by atoms with Crippen LogP contribution in [0.5, 0.6) is 0 Å². The Kier molecular flexibility index (Phi) is 2.44. The first-order chi connectivity index (χ1) is 8.29. The van der Waals surface area contributed by atoms with Gasteiger partial charge in [-0.05, 0) is 37.9 Å². The Morgan fingerprint density at radius 2 is 2.41 bits per heavy atom. The SMILES string of the molecule is Cc1ccc2c(C=O)nc(C3CCCN3)n2c1. The average molecular weight is 229 g/mol. The van der Waals surface area contributed by atoms with Crippen LogP contribution in [0.2, 0.25) is 0 Å². The highest BCUT2D eigenvalue weighted by atomic mass is 16.1. The third-order valence-electron chi connectivity index (χ3n) is 3.32. The summed E-state index contributed by atoms with van der Waals surface area (Å²) in [4.78, 5) is 15.5. The molecule has 1 fully saturated rings. The molecule has 17 heavy (non-hydrogen) atoms. The number of nitrogens with one attached hydrogen (secondary N) is 1. The number of rotatable bonds is 2. The van der Waals surface area contributed by atoms with Crippen LogP contribution in [0.3, 0.4) is 0 Å². The Morgan fingerprint density at radius 1 is 1.53 bits per heavy atom. The third-order valence-corrected chi connectivity index (χ3v) is 3.32. The molecule has 4 nitrogen and oxygen atoms in total. The molecule has 0 radical (unpaired) electrons. The van der Waals surface area contributed by atoms with Crippen molar-refractivity contribution >= 4 is 11.8 Å². The molecule has 1 aliphatic heterocycles. The van der Waals surface area contributed by atoms with Crippen LogP contribution in [-0.4, -0.2) is 22.2 Å². The quantitative estimate of drug-likeness (QED) is 0.800. The fourth-order valence-corrected chi connectivity index (χ4v) is 2.48. The van der Waals surface area contributed by atoms with Crippen molar-refractivity contribution in [2.45, 2.75) is 25.8 Å². The molecule has 2 aromatic rings. The highest BCUT2D eigenvalue weighted by molar-refractivity contribution is 5.83. The number of carbonyl (C=O) groups is 1. The van der Waals surface area contributed by atoms with E-state index in [9.17, 15) is 4.79 Å². The molecule has 0 aromatic carbocycles. The lowest BCUT2D eigenvalue weighted by molar-refractivity contribution is 0.112. The van der Waals surface area contributed by atoms with Gasteiger partial charge in [-0.1, -0.05) is 6.07 Å². The van der Waals surface area contributed by atoms with Gasteiger partial charge in [-0.15, -0.1) is 0 Å². The minimum absolute atomic E-state index is 0.276. The van der Waals surface area contributed by atoms with Crippen LogP contribution in [-0.2, 0) is 0 Å². The average Bonchev–Trinajstić information content (AvgIpc) is 2.94. The molecule has 1 aliphatic rings. The third kappa shape index (κ3) is 1.65. The zero-order valence-electron chi connectivity index (χ0n) is 9.81. The van der Waals surface area contributed by atoms with Gasteiger partial charge < -0.3 is 9.72 Å². The molecule has 1 N–H and O–H groups in total. The summed E-state index contributed by atoms with van der Waals surface area (Å²) in [5, 5.41) is 3.42. The van der Waals surface area contributed by atoms with Crippen molar-refractivity contribution in [3.63, 3.8) is 0 Å². The Balaban J connectivity index is 2.22.